The van der Waals surface area contributed by atoms with Crippen LogP contribution in [0.25, 0.3) is 11.2 Å². The van der Waals surface area contributed by atoms with Crippen molar-refractivity contribution in [2.45, 2.75) is 26.3 Å². The van der Waals surface area contributed by atoms with Crippen molar-refractivity contribution in [1.29, 1.82) is 0 Å². The Morgan fingerprint density at radius 3 is 2.62 bits per heavy atom. The van der Waals surface area contributed by atoms with Crippen molar-refractivity contribution in [2.75, 3.05) is 44.7 Å². The maximum absolute atomic E-state index is 12.4. The SMILES string of the molecule is CCCCOc1ncc2[nH]c(=O)n(Cc3ccc(N4CCN(C)CC4)cc3)c2n1. The van der Waals surface area contributed by atoms with Gasteiger partial charge >= 0.3 is 11.7 Å². The number of ether oxygens (including phenoxy) is 1. The van der Waals surface area contributed by atoms with E-state index in [2.05, 4.69) is 63.0 Å². The Morgan fingerprint density at radius 2 is 1.90 bits per heavy atom. The van der Waals surface area contributed by atoms with Crippen LogP contribution in [0.4, 0.5) is 5.69 Å². The first kappa shape index (κ1) is 19.4. The molecule has 3 heterocycles. The molecule has 0 spiro atoms. The standard InChI is InChI=1S/C21H28N6O2/c1-3-4-13-29-20-22-14-18-19(24-20)27(21(28)23-18)15-16-5-7-17(8-6-16)26-11-9-25(2)10-12-26/h5-8,14H,3-4,9-13,15H2,1-2H3,(H,23,28). The fraction of sp³-hybridized carbons (Fsp3) is 0.476. The van der Waals surface area contributed by atoms with Crippen molar-refractivity contribution in [3.8, 4) is 6.01 Å². The molecule has 1 N–H and O–H groups in total. The van der Waals surface area contributed by atoms with Crippen molar-refractivity contribution < 1.29 is 4.74 Å². The van der Waals surface area contributed by atoms with E-state index in [-0.39, 0.29) is 5.69 Å². The largest absolute Gasteiger partial charge is 0.463 e. The van der Waals surface area contributed by atoms with Crippen LogP contribution in [0.3, 0.4) is 0 Å². The highest BCUT2D eigenvalue weighted by Gasteiger charge is 2.15. The number of nitrogens with zero attached hydrogens (tertiary/aromatic N) is 5. The van der Waals surface area contributed by atoms with Crippen LogP contribution in [0.1, 0.15) is 25.3 Å². The number of fused-ring (bicyclic) bond motifs is 1. The average Bonchev–Trinajstić information content (AvgIpc) is 3.04. The van der Waals surface area contributed by atoms with Gasteiger partial charge in [-0.1, -0.05) is 25.5 Å². The molecule has 1 aliphatic rings. The Balaban J connectivity index is 1.51. The molecule has 0 unspecified atom stereocenters. The number of piperazine rings is 1. The van der Waals surface area contributed by atoms with Gasteiger partial charge in [-0.05, 0) is 31.2 Å². The zero-order valence-electron chi connectivity index (χ0n) is 17.1. The smallest absolute Gasteiger partial charge is 0.328 e. The second kappa shape index (κ2) is 8.65. The molecular weight excluding hydrogens is 368 g/mol. The number of rotatable bonds is 7. The number of nitrogens with one attached hydrogen (secondary N) is 1. The fourth-order valence-corrected chi connectivity index (χ4v) is 3.51. The van der Waals surface area contributed by atoms with Gasteiger partial charge in [0.25, 0.3) is 0 Å². The molecule has 1 fully saturated rings. The summed E-state index contributed by atoms with van der Waals surface area (Å²) in [4.78, 5) is 28.6. The summed E-state index contributed by atoms with van der Waals surface area (Å²) in [6.07, 6.45) is 3.60. The minimum absolute atomic E-state index is 0.192. The molecule has 0 aliphatic carbocycles. The van der Waals surface area contributed by atoms with Gasteiger partial charge in [0.15, 0.2) is 5.65 Å². The summed E-state index contributed by atoms with van der Waals surface area (Å²) in [5.74, 6) is 0. The summed E-state index contributed by atoms with van der Waals surface area (Å²) in [6, 6.07) is 8.74. The van der Waals surface area contributed by atoms with Gasteiger partial charge in [-0.3, -0.25) is 4.57 Å². The second-order valence-corrected chi connectivity index (χ2v) is 7.56. The van der Waals surface area contributed by atoms with E-state index in [4.69, 9.17) is 4.74 Å². The minimum atomic E-state index is -0.192. The first-order chi connectivity index (χ1) is 14.1. The number of benzene rings is 1. The fourth-order valence-electron chi connectivity index (χ4n) is 3.51. The quantitative estimate of drug-likeness (QED) is 0.616. The van der Waals surface area contributed by atoms with Gasteiger partial charge in [0.1, 0.15) is 5.52 Å². The van der Waals surface area contributed by atoms with Crippen LogP contribution in [0.2, 0.25) is 0 Å². The van der Waals surface area contributed by atoms with E-state index in [1.807, 2.05) is 0 Å². The second-order valence-electron chi connectivity index (χ2n) is 7.56. The Kier molecular flexibility index (Phi) is 5.80. The number of H-pyrrole nitrogens is 1. The number of aromatic amines is 1. The van der Waals surface area contributed by atoms with Gasteiger partial charge in [-0.2, -0.15) is 4.98 Å². The van der Waals surface area contributed by atoms with Crippen molar-refractivity contribution in [3.63, 3.8) is 0 Å². The Labute approximate surface area is 170 Å². The van der Waals surface area contributed by atoms with Crippen LogP contribution in [0, 0.1) is 0 Å². The molecule has 154 valence electrons. The molecule has 1 aliphatic heterocycles. The van der Waals surface area contributed by atoms with Crippen LogP contribution in [-0.2, 0) is 6.54 Å². The molecule has 2 aromatic heterocycles. The number of aromatic nitrogens is 4. The number of imidazole rings is 1. The van der Waals surface area contributed by atoms with Crippen LogP contribution < -0.4 is 15.3 Å². The topological polar surface area (TPSA) is 79.3 Å². The molecule has 29 heavy (non-hydrogen) atoms. The number of hydrogen-bond donors (Lipinski definition) is 1. The molecule has 8 heteroatoms. The van der Waals surface area contributed by atoms with Crippen molar-refractivity contribution in [1.82, 2.24) is 24.4 Å². The number of unbranched alkanes of at least 4 members (excludes halogenated alkanes) is 1. The summed E-state index contributed by atoms with van der Waals surface area (Å²) in [5, 5.41) is 0. The van der Waals surface area contributed by atoms with Crippen molar-refractivity contribution in [2.24, 2.45) is 0 Å². The lowest BCUT2D eigenvalue weighted by molar-refractivity contribution is 0.286. The highest BCUT2D eigenvalue weighted by atomic mass is 16.5. The summed E-state index contributed by atoms with van der Waals surface area (Å²) >= 11 is 0. The van der Waals surface area contributed by atoms with Gasteiger partial charge in [-0.25, -0.2) is 9.78 Å². The summed E-state index contributed by atoms with van der Waals surface area (Å²) in [7, 11) is 2.16. The van der Waals surface area contributed by atoms with Crippen molar-refractivity contribution in [3.05, 3.63) is 46.5 Å². The molecule has 4 rings (SSSR count). The molecule has 3 aromatic rings. The molecule has 0 atom stereocenters. The Hall–Kier alpha value is -2.87. The third kappa shape index (κ3) is 4.42. The van der Waals surface area contributed by atoms with Gasteiger partial charge in [0.2, 0.25) is 0 Å². The first-order valence-electron chi connectivity index (χ1n) is 10.2. The van der Waals surface area contributed by atoms with Crippen LogP contribution in [-0.4, -0.2) is 64.3 Å². The van der Waals surface area contributed by atoms with E-state index >= 15 is 0 Å². The monoisotopic (exact) mass is 396 g/mol. The highest BCUT2D eigenvalue weighted by Crippen LogP contribution is 2.18. The molecule has 0 bridgehead atoms. The number of anilines is 1. The zero-order valence-corrected chi connectivity index (χ0v) is 17.1. The molecule has 0 amide bonds. The lowest BCUT2D eigenvalue weighted by Crippen LogP contribution is -2.44. The van der Waals surface area contributed by atoms with Crippen LogP contribution in [0.5, 0.6) is 6.01 Å². The normalized spacial score (nSPS) is 15.2. The lowest BCUT2D eigenvalue weighted by Gasteiger charge is -2.34. The lowest BCUT2D eigenvalue weighted by atomic mass is 10.1. The minimum Gasteiger partial charge on any atom is -0.463 e. The first-order valence-corrected chi connectivity index (χ1v) is 10.2. The van der Waals surface area contributed by atoms with E-state index < -0.39 is 0 Å². The molecule has 1 aromatic carbocycles. The van der Waals surface area contributed by atoms with Gasteiger partial charge in [0, 0.05) is 31.9 Å². The molecule has 0 radical (unpaired) electrons. The highest BCUT2D eigenvalue weighted by molar-refractivity contribution is 5.69. The third-order valence-electron chi connectivity index (χ3n) is 5.36. The van der Waals surface area contributed by atoms with Crippen LogP contribution in [0.15, 0.2) is 35.3 Å². The van der Waals surface area contributed by atoms with E-state index in [1.54, 1.807) is 10.8 Å². The third-order valence-corrected chi connectivity index (χ3v) is 5.36. The zero-order chi connectivity index (χ0) is 20.2. The van der Waals surface area contributed by atoms with E-state index in [1.165, 1.54) is 5.69 Å². The van der Waals surface area contributed by atoms with Gasteiger partial charge < -0.3 is 19.5 Å². The molecular formula is C21H28N6O2. The summed E-state index contributed by atoms with van der Waals surface area (Å²) in [5.41, 5.74) is 3.27. The van der Waals surface area contributed by atoms with Gasteiger partial charge in [-0.15, -0.1) is 0 Å². The maximum atomic E-state index is 12.4. The molecule has 1 saturated heterocycles. The van der Waals surface area contributed by atoms with Crippen LogP contribution >= 0.6 is 0 Å². The molecule has 8 nitrogen and oxygen atoms in total. The van der Waals surface area contributed by atoms with Gasteiger partial charge in [0.05, 0.1) is 19.3 Å². The van der Waals surface area contributed by atoms with Crippen molar-refractivity contribution >= 4 is 16.9 Å². The van der Waals surface area contributed by atoms with E-state index in [9.17, 15) is 4.79 Å². The van der Waals surface area contributed by atoms with E-state index in [0.29, 0.717) is 30.3 Å². The number of hydrogen-bond acceptors (Lipinski definition) is 6. The Morgan fingerprint density at radius 1 is 1.14 bits per heavy atom. The maximum Gasteiger partial charge on any atom is 0.328 e. The summed E-state index contributed by atoms with van der Waals surface area (Å²) in [6.45, 7) is 7.36. The predicted molar refractivity (Wildman–Crippen MR) is 114 cm³/mol. The summed E-state index contributed by atoms with van der Waals surface area (Å²) < 4.78 is 7.23. The van der Waals surface area contributed by atoms with E-state index in [0.717, 1.165) is 44.6 Å². The average molecular weight is 396 g/mol. The molecule has 0 saturated carbocycles. The predicted octanol–water partition coefficient (Wildman–Crippen LogP) is 2.10. The Bertz CT molecular complexity index is 1000. The number of likely N-dealkylation sites (N-methyl/N-ethyl adjacent to an activating group) is 1.